The molecule has 4 saturated heterocycles. The number of terminal acetylenes is 1. The van der Waals surface area contributed by atoms with Crippen LogP contribution in [0.4, 0.5) is 29.2 Å². The predicted octanol–water partition coefficient (Wildman–Crippen LogP) is 9.35. The van der Waals surface area contributed by atoms with Gasteiger partial charge in [0, 0.05) is 194 Å². The number of carbonyl (C=O) groups excluding carboxylic acids is 4. The number of nitrogens with two attached hydrogens (primary N) is 1. The summed E-state index contributed by atoms with van der Waals surface area (Å²) in [5.41, 5.74) is 15.2. The summed E-state index contributed by atoms with van der Waals surface area (Å²) in [6.45, 7) is 13.7. The second kappa shape index (κ2) is 40.1. The molecule has 10 N–H and O–H groups in total. The summed E-state index contributed by atoms with van der Waals surface area (Å²) >= 11 is 0. The number of amides is 4. The number of carbonyl (C=O) groups is 4. The number of nitriles is 1. The molecule has 11 saturated carbocycles. The number of pyridine rings is 4. The highest BCUT2D eigenvalue weighted by atomic mass is 16.5. The number of piperidine rings is 4. The van der Waals surface area contributed by atoms with Crippen LogP contribution < -0.4 is 70.3 Å². The molecule has 6 bridgehead atoms. The van der Waals surface area contributed by atoms with E-state index >= 15 is 0 Å². The maximum atomic E-state index is 13.1. The van der Waals surface area contributed by atoms with Crippen molar-refractivity contribution < 1.29 is 53.1 Å². The number of anilines is 5. The monoisotopic (exact) mass is 1940 g/mol. The van der Waals surface area contributed by atoms with E-state index in [1.54, 1.807) is 50.9 Å². The van der Waals surface area contributed by atoms with Crippen molar-refractivity contribution in [2.75, 3.05) is 117 Å². The fourth-order valence-electron chi connectivity index (χ4n) is 21.5. The number of aromatic nitrogens is 19. The highest BCUT2D eigenvalue weighted by molar-refractivity contribution is 6.05. The molecule has 16 heterocycles. The summed E-state index contributed by atoms with van der Waals surface area (Å²) in [5.74, 6) is 9.87. The summed E-state index contributed by atoms with van der Waals surface area (Å²) in [6, 6.07) is 22.0. The van der Waals surface area contributed by atoms with Gasteiger partial charge in [-0.05, 0) is 215 Å². The maximum absolute atomic E-state index is 13.1. The van der Waals surface area contributed by atoms with E-state index in [9.17, 15) is 29.4 Å². The number of hydrogen-bond acceptors (Lipinski definition) is 34. The summed E-state index contributed by atoms with van der Waals surface area (Å²) in [6.07, 6.45) is 34.8. The van der Waals surface area contributed by atoms with E-state index in [0.29, 0.717) is 116 Å². The van der Waals surface area contributed by atoms with Gasteiger partial charge in [-0.1, -0.05) is 5.92 Å². The molecule has 27 rings (SSSR count). The van der Waals surface area contributed by atoms with Crippen molar-refractivity contribution in [1.29, 1.82) is 5.26 Å². The maximum Gasteiger partial charge on any atom is 0.322 e. The first kappa shape index (κ1) is 94.7. The molecule has 0 spiro atoms. The van der Waals surface area contributed by atoms with Gasteiger partial charge in [0.1, 0.15) is 48.2 Å². The number of H-pyrrole nitrogens is 2. The van der Waals surface area contributed by atoms with Crippen LogP contribution in [0.25, 0.3) is 33.3 Å². The number of aliphatic hydroxyl groups excluding tert-OH is 2. The third-order valence-corrected chi connectivity index (χ3v) is 30.5. The number of rotatable bonds is 31. The van der Waals surface area contributed by atoms with Crippen LogP contribution in [0, 0.1) is 70.5 Å². The van der Waals surface area contributed by atoms with Gasteiger partial charge in [0.05, 0.1) is 67.6 Å². The van der Waals surface area contributed by atoms with Gasteiger partial charge >= 0.3 is 18.0 Å². The predicted molar refractivity (Wildman–Crippen MR) is 526 cm³/mol. The van der Waals surface area contributed by atoms with E-state index < -0.39 is 12.2 Å². The second-order valence-electron chi connectivity index (χ2n) is 41.2. The number of fused-ring (bicyclic) bond motifs is 3. The van der Waals surface area contributed by atoms with Crippen molar-refractivity contribution >= 4 is 80.6 Å². The van der Waals surface area contributed by atoms with Gasteiger partial charge in [0.25, 0.3) is 23.6 Å². The summed E-state index contributed by atoms with van der Waals surface area (Å²) in [4.78, 5) is 127. The number of nitrogens with one attached hydrogen (secondary N) is 6. The largest absolute Gasteiger partial charge is 0.489 e. The number of aryl methyl sites for hydroxylation is 1. The van der Waals surface area contributed by atoms with Gasteiger partial charge in [-0.15, -0.1) is 6.42 Å². The molecule has 11 aromatic rings. The Balaban J connectivity index is 0.000000113. The molecule has 11 aromatic heterocycles. The van der Waals surface area contributed by atoms with E-state index in [2.05, 4.69) is 156 Å². The van der Waals surface area contributed by atoms with Crippen LogP contribution in [0.5, 0.6) is 29.7 Å². The third kappa shape index (κ3) is 21.0. The normalized spacial score (nSPS) is 23.8. The van der Waals surface area contributed by atoms with Crippen molar-refractivity contribution in [3.63, 3.8) is 0 Å². The molecule has 0 unspecified atom stereocenters. The van der Waals surface area contributed by atoms with Gasteiger partial charge in [-0.3, -0.25) is 39.4 Å². The number of hydrogen-bond donors (Lipinski definition) is 9. The fraction of sp³-hybridized carbons (Fsp3) is 0.529. The van der Waals surface area contributed by atoms with Crippen LogP contribution in [0.1, 0.15) is 226 Å². The fourth-order valence-corrected chi connectivity index (χ4v) is 21.5. The van der Waals surface area contributed by atoms with Crippen molar-refractivity contribution in [3.05, 3.63) is 144 Å². The molecule has 16 aliphatic rings. The smallest absolute Gasteiger partial charge is 0.322 e. The lowest BCUT2D eigenvalue weighted by atomic mass is 9.50. The quantitative estimate of drug-likeness (QED) is 0.0183. The van der Waals surface area contributed by atoms with Crippen molar-refractivity contribution in [3.8, 4) is 59.3 Å². The van der Waals surface area contributed by atoms with Crippen molar-refractivity contribution in [2.24, 2.45) is 58.9 Å². The number of aliphatic imine (C=N–C) groups is 1. The van der Waals surface area contributed by atoms with Crippen LogP contribution >= 0.6 is 0 Å². The molecule has 41 heteroatoms. The first-order valence-electron chi connectivity index (χ1n) is 50.3. The van der Waals surface area contributed by atoms with E-state index in [4.69, 9.17) is 46.1 Å². The summed E-state index contributed by atoms with van der Waals surface area (Å²) in [5, 5.41) is 57.6. The Bertz CT molecular complexity index is 6630. The van der Waals surface area contributed by atoms with Crippen LogP contribution in [-0.4, -0.2) is 255 Å². The zero-order valence-corrected chi connectivity index (χ0v) is 80.8. The number of aromatic amines is 2. The number of aliphatic hydroxyl groups is 2. The van der Waals surface area contributed by atoms with Crippen LogP contribution in [-0.2, 0) is 13.6 Å². The van der Waals surface area contributed by atoms with Crippen molar-refractivity contribution in [1.82, 2.24) is 116 Å². The first-order chi connectivity index (χ1) is 69.5. The molecule has 11 aliphatic carbocycles. The van der Waals surface area contributed by atoms with Crippen LogP contribution in [0.2, 0.25) is 0 Å². The van der Waals surface area contributed by atoms with E-state index in [-0.39, 0.29) is 100 Å². The minimum absolute atomic E-state index is 0.0311. The third-order valence-electron chi connectivity index (χ3n) is 30.5. The summed E-state index contributed by atoms with van der Waals surface area (Å²) < 4.78 is 31.1. The standard InChI is InChI=1S/C27H33N9O3.C27H29N7O2.2C24H29N7O3/c1-4-27(8-9-27)16-39-26-33-23(24(37)29-5-2)32-25(34-26)36-10-6-18(7-11-36)15-38-21-12-19(13-30-22(21)28)20-14-35(3)17-31-20;28-13-18-8-19(18)15-36-23-9-22(31-25(32-23)26(35)33-27-10-16(11-27)12-27)34-6-3-17(4-7-34)24-20-2-1-5-29-21(20)14-30-24;1-14(32)13-34-23-26-18(22(33)28-24-10-15(11-24)12-24)9-19(27-23)31-7-4-16(5-8-31)20-17-3-2-6-25-21(17)30-29-20;1-14(13-32)34-23-26-18(22(33)28-24-10-15(11-24)12-24)9-19(27-23)31-7-4-16(5-8-31)20-17-3-2-6-25-21(17)30-29-20/h1,12-14,17-18H,5-11,15-16H2,2-3H3,(H2,28,30)(H,29,37);1-2,5,9,16-19H,3-4,6-8,10-12,14-15H2,(H,33,35);2*2-3,6,9,14-16,32H,4-5,7-8,10-13H2,1H3,(H,28,33)(H,25,29,30)/t;16?,18-,19+,27?;2*14-,15?,24?/m.011/s1. The van der Waals surface area contributed by atoms with Gasteiger partial charge in [-0.2, -0.15) is 55.3 Å². The summed E-state index contributed by atoms with van der Waals surface area (Å²) in [7, 11) is 1.92. The van der Waals surface area contributed by atoms with Crippen LogP contribution in [0.15, 0.2) is 103 Å². The van der Waals surface area contributed by atoms with Gasteiger partial charge in [-0.25, -0.2) is 24.9 Å². The highest BCUT2D eigenvalue weighted by Crippen LogP contribution is 2.59. The van der Waals surface area contributed by atoms with Crippen LogP contribution in [0.3, 0.4) is 0 Å². The molecule has 15 fully saturated rings. The lowest BCUT2D eigenvalue weighted by Gasteiger charge is -2.61. The average Bonchev–Trinajstić information content (AvgIpc) is 1.73. The Morgan fingerprint density at radius 1 is 0.601 bits per heavy atom. The molecule has 0 aromatic carbocycles. The topological polar surface area (TPSA) is 521 Å². The Morgan fingerprint density at radius 2 is 1.15 bits per heavy atom. The van der Waals surface area contributed by atoms with E-state index in [1.165, 1.54) is 11.3 Å². The van der Waals surface area contributed by atoms with Gasteiger partial charge in [0.2, 0.25) is 23.5 Å². The second-order valence-corrected chi connectivity index (χ2v) is 41.2. The average molecular weight is 1940 g/mol. The lowest BCUT2D eigenvalue weighted by Crippen LogP contribution is -2.68. The Labute approximate surface area is 826 Å². The minimum atomic E-state index is -0.653. The Morgan fingerprint density at radius 3 is 1.70 bits per heavy atom. The van der Waals surface area contributed by atoms with Crippen molar-refractivity contribution in [2.45, 2.75) is 196 Å². The molecular formula is C102H120N30O11. The Kier molecular flexibility index (Phi) is 26.6. The Hall–Kier alpha value is -14.5. The molecule has 41 nitrogen and oxygen atoms in total. The number of nitrogen functional groups attached to an aromatic ring is 1. The molecule has 5 aliphatic heterocycles. The molecule has 0 radical (unpaired) electrons. The number of ether oxygens (including phenoxy) is 5. The number of imidazole rings is 1. The molecular weight excluding hydrogens is 1820 g/mol. The van der Waals surface area contributed by atoms with E-state index in [1.807, 2.05) is 66.2 Å². The molecule has 4 atom stereocenters. The zero-order chi connectivity index (χ0) is 98.3. The highest BCUT2D eigenvalue weighted by Gasteiger charge is 2.60. The SMILES string of the molecule is C#CC1(COc2nc(C(=O)NCC)nc(N3CCC(COc4cc(-c5cn(C)cn5)cnc4N)CC3)n2)CC1.C[C@@H](O)COc1nc(C(=O)NC23CC(C2)C3)cc(N2CCC(c3[nH]nc4ncccc34)CC2)n1.C[C@H](CO)Oc1nc(C(=O)NC23CC(C2)C3)cc(N2CCC(c3[nH]nc4ncccc34)CC2)n1.N#C[C@@H]1C[C@@H]1COc1cc(N2CCC(C3=NCc4ncccc43)CC2)nc(C(=O)NC23CC(C2)C3)n1. The zero-order valence-electron chi connectivity index (χ0n) is 80.8. The number of nitrogens with zero attached hydrogens (tertiary/aromatic N) is 23. The van der Waals surface area contributed by atoms with E-state index in [0.717, 1.165) is 242 Å². The van der Waals surface area contributed by atoms with Gasteiger partial charge < -0.3 is 85.1 Å². The first-order valence-corrected chi connectivity index (χ1v) is 50.3. The molecule has 4 amide bonds. The molecule has 143 heavy (non-hydrogen) atoms. The lowest BCUT2D eigenvalue weighted by molar-refractivity contribution is -0.0444. The van der Waals surface area contributed by atoms with Gasteiger partial charge in [0.15, 0.2) is 22.9 Å². The molecule has 744 valence electrons. The minimum Gasteiger partial charge on any atom is -0.489 e.